The topological polar surface area (TPSA) is 108 Å². The summed E-state index contributed by atoms with van der Waals surface area (Å²) < 4.78 is 23.4. The van der Waals surface area contributed by atoms with Gasteiger partial charge in [0.2, 0.25) is 5.91 Å². The molecule has 0 saturated heterocycles. The number of hydrogen-bond donors (Lipinski definition) is 2. The number of likely N-dealkylation sites (N-methyl/N-ethyl adjacent to an activating group) is 1. The van der Waals surface area contributed by atoms with Crippen molar-refractivity contribution >= 4 is 13.7 Å². The predicted octanol–water partition coefficient (Wildman–Crippen LogP) is 21.0. The number of carbonyl (C=O) groups is 1. The molecule has 0 heterocycles. The number of carbonyl (C=O) groups excluding carboxylic acids is 1. The smallest absolute Gasteiger partial charge is 0.268 e. The molecule has 0 spiro atoms. The zero-order chi connectivity index (χ0) is 59.8. The summed E-state index contributed by atoms with van der Waals surface area (Å²) in [5.41, 5.74) is 0. The van der Waals surface area contributed by atoms with Gasteiger partial charge in [0.05, 0.1) is 39.9 Å². The molecule has 0 fully saturated rings. The second kappa shape index (κ2) is 62.4. The summed E-state index contributed by atoms with van der Waals surface area (Å²) in [5, 5.41) is 13.9. The third kappa shape index (κ3) is 64.5. The molecule has 8 nitrogen and oxygen atoms in total. The van der Waals surface area contributed by atoms with Crippen molar-refractivity contribution in [3.8, 4) is 0 Å². The molecule has 0 aromatic heterocycles. The van der Waals surface area contributed by atoms with Crippen LogP contribution < -0.4 is 10.2 Å². The summed E-state index contributed by atoms with van der Waals surface area (Å²) in [6, 6.07) is -0.908. The van der Waals surface area contributed by atoms with E-state index in [2.05, 4.69) is 129 Å². The van der Waals surface area contributed by atoms with E-state index in [-0.39, 0.29) is 12.5 Å². The standard InChI is InChI=1S/C73H129N2O6P/c1-6-8-10-12-14-16-18-20-22-24-26-28-30-32-34-35-36-37-38-39-41-43-45-47-49-51-53-55-57-59-61-63-65-67-73(77)74-71(70-81-82(78,79)80-69-68-75(3,4)5)72(76)66-64-62-60-58-56-54-52-50-48-46-44-42-40-33-31-29-27-25-23-21-19-17-15-13-11-9-7-2/h8,10,14,16,20,22,26,28,32,34,36-37,39,41,45,47,51,53,64,66,71-72,76H,6-7,9,11-13,15,17-19,21,23-25,27,29-31,33,35,38,40,42-44,46,48-50,52,54-63,65,67-70H2,1-5H3,(H-,74,77,78,79)/b10-8-,16-14-,22-20-,28-26-,34-32-,37-36-,41-39-,47-45-,53-51-,66-64+. The molecule has 82 heavy (non-hydrogen) atoms. The molecule has 3 atom stereocenters. The number of phosphoric acid groups is 1. The van der Waals surface area contributed by atoms with Crippen molar-refractivity contribution in [1.82, 2.24) is 5.32 Å². The van der Waals surface area contributed by atoms with Gasteiger partial charge in [-0.2, -0.15) is 0 Å². The molecule has 0 aliphatic heterocycles. The Hall–Kier alpha value is -3.10. The SMILES string of the molecule is CC/C=C\C/C=C\C/C=C\C/C=C\C/C=C\C/C=C\C/C=C\C/C=C\C/C=C\CCCCCCCC(=O)NC(COP(=O)([O-])OCC[N+](C)(C)C)C(O)/C=C/CCCCCCCCCCCCCCCCCCCCCCCCCCC. The van der Waals surface area contributed by atoms with E-state index in [1.54, 1.807) is 6.08 Å². The fourth-order valence-corrected chi connectivity index (χ4v) is 10.2. The van der Waals surface area contributed by atoms with E-state index >= 15 is 0 Å². The van der Waals surface area contributed by atoms with Crippen LogP contribution in [-0.2, 0) is 18.4 Å². The number of rotatable bonds is 61. The van der Waals surface area contributed by atoms with E-state index in [1.165, 1.54) is 148 Å². The molecule has 0 radical (unpaired) electrons. The first kappa shape index (κ1) is 78.9. The zero-order valence-electron chi connectivity index (χ0n) is 53.9. The molecule has 0 aliphatic carbocycles. The quantitative estimate of drug-likeness (QED) is 0.0272. The minimum Gasteiger partial charge on any atom is -0.756 e. The Bertz CT molecular complexity index is 1750. The highest BCUT2D eigenvalue weighted by Gasteiger charge is 2.23. The van der Waals surface area contributed by atoms with Crippen LogP contribution in [-0.4, -0.2) is 68.5 Å². The minimum atomic E-state index is -4.62. The van der Waals surface area contributed by atoms with Crippen LogP contribution >= 0.6 is 7.82 Å². The van der Waals surface area contributed by atoms with Crippen LogP contribution in [0.4, 0.5) is 0 Å². The van der Waals surface area contributed by atoms with Gasteiger partial charge in [0.25, 0.3) is 7.82 Å². The van der Waals surface area contributed by atoms with Gasteiger partial charge in [-0.25, -0.2) is 0 Å². The van der Waals surface area contributed by atoms with Gasteiger partial charge in [-0.05, 0) is 89.9 Å². The highest BCUT2D eigenvalue weighted by atomic mass is 31.2. The molecule has 0 aromatic rings. The lowest BCUT2D eigenvalue weighted by Crippen LogP contribution is -2.45. The molecular weight excluding hydrogens is 1030 g/mol. The number of unbranched alkanes of at least 4 members (excludes halogenated alkanes) is 30. The molecule has 0 bridgehead atoms. The average molecular weight is 1160 g/mol. The normalized spacial score (nSPS) is 14.5. The molecule has 3 unspecified atom stereocenters. The van der Waals surface area contributed by atoms with Crippen LogP contribution in [0.5, 0.6) is 0 Å². The number of aliphatic hydroxyl groups excluding tert-OH is 1. The molecule has 0 aromatic carbocycles. The lowest BCUT2D eigenvalue weighted by Gasteiger charge is -2.29. The van der Waals surface area contributed by atoms with E-state index in [1.807, 2.05) is 27.2 Å². The Balaban J connectivity index is 4.21. The molecule has 0 aliphatic rings. The van der Waals surface area contributed by atoms with Crippen LogP contribution in [0, 0.1) is 0 Å². The monoisotopic (exact) mass is 1160 g/mol. The molecule has 0 rings (SSSR count). The van der Waals surface area contributed by atoms with Gasteiger partial charge in [0.1, 0.15) is 13.2 Å². The van der Waals surface area contributed by atoms with Crippen molar-refractivity contribution in [1.29, 1.82) is 0 Å². The van der Waals surface area contributed by atoms with Gasteiger partial charge in [-0.3, -0.25) is 9.36 Å². The summed E-state index contributed by atoms with van der Waals surface area (Å²) in [6.45, 7) is 4.54. The number of aliphatic hydroxyl groups is 1. The number of amides is 1. The number of phosphoric ester groups is 1. The van der Waals surface area contributed by atoms with E-state index < -0.39 is 26.6 Å². The number of nitrogens with one attached hydrogen (secondary N) is 1. The summed E-state index contributed by atoms with van der Waals surface area (Å²) >= 11 is 0. The largest absolute Gasteiger partial charge is 0.756 e. The number of allylic oxidation sites excluding steroid dienone is 19. The van der Waals surface area contributed by atoms with Crippen molar-refractivity contribution in [2.45, 2.75) is 296 Å². The van der Waals surface area contributed by atoms with Crippen LogP contribution in [0.2, 0.25) is 0 Å². The van der Waals surface area contributed by atoms with Crippen molar-refractivity contribution in [2.24, 2.45) is 0 Å². The maximum Gasteiger partial charge on any atom is 0.268 e. The average Bonchev–Trinajstić information content (AvgIpc) is 3.47. The third-order valence-corrected chi connectivity index (χ3v) is 15.6. The van der Waals surface area contributed by atoms with Gasteiger partial charge >= 0.3 is 0 Å². The van der Waals surface area contributed by atoms with Crippen molar-refractivity contribution in [3.05, 3.63) is 122 Å². The first-order valence-corrected chi connectivity index (χ1v) is 35.4. The predicted molar refractivity (Wildman–Crippen MR) is 357 cm³/mol. The maximum atomic E-state index is 13.0. The Kier molecular flexibility index (Phi) is 60.1. The third-order valence-electron chi connectivity index (χ3n) is 14.7. The Labute approximate surface area is 507 Å². The Morgan fingerprint density at radius 1 is 0.439 bits per heavy atom. The van der Waals surface area contributed by atoms with Crippen molar-refractivity contribution in [3.63, 3.8) is 0 Å². The first-order chi connectivity index (χ1) is 40.0. The lowest BCUT2D eigenvalue weighted by molar-refractivity contribution is -0.870. The van der Waals surface area contributed by atoms with Gasteiger partial charge in [-0.1, -0.05) is 309 Å². The summed E-state index contributed by atoms with van der Waals surface area (Å²) in [6.07, 6.45) is 93.0. The lowest BCUT2D eigenvalue weighted by atomic mass is 10.0. The minimum absolute atomic E-state index is 0.0112. The Morgan fingerprint density at radius 2 is 0.744 bits per heavy atom. The molecule has 0 saturated carbocycles. The fourth-order valence-electron chi connectivity index (χ4n) is 9.44. The van der Waals surface area contributed by atoms with Crippen LogP contribution in [0.3, 0.4) is 0 Å². The van der Waals surface area contributed by atoms with Crippen LogP contribution in [0.15, 0.2) is 122 Å². The molecule has 472 valence electrons. The van der Waals surface area contributed by atoms with Gasteiger partial charge in [0, 0.05) is 6.42 Å². The number of hydrogen-bond acceptors (Lipinski definition) is 6. The van der Waals surface area contributed by atoms with Crippen LogP contribution in [0.1, 0.15) is 284 Å². The first-order valence-electron chi connectivity index (χ1n) is 33.9. The van der Waals surface area contributed by atoms with Crippen molar-refractivity contribution in [2.75, 3.05) is 40.9 Å². The molecule has 1 amide bonds. The van der Waals surface area contributed by atoms with Gasteiger partial charge < -0.3 is 28.8 Å². The van der Waals surface area contributed by atoms with E-state index in [0.717, 1.165) is 116 Å². The molecular formula is C73H129N2O6P. The zero-order valence-corrected chi connectivity index (χ0v) is 54.8. The number of quaternary nitrogens is 1. The number of nitrogens with zero attached hydrogens (tertiary/aromatic N) is 1. The highest BCUT2D eigenvalue weighted by molar-refractivity contribution is 7.45. The second-order valence-electron chi connectivity index (χ2n) is 23.8. The Morgan fingerprint density at radius 3 is 1.09 bits per heavy atom. The maximum absolute atomic E-state index is 13.0. The van der Waals surface area contributed by atoms with E-state index in [4.69, 9.17) is 9.05 Å². The highest BCUT2D eigenvalue weighted by Crippen LogP contribution is 2.38. The summed E-state index contributed by atoms with van der Waals surface area (Å²) in [4.78, 5) is 25.6. The fraction of sp³-hybridized carbons (Fsp3) is 0.712. The van der Waals surface area contributed by atoms with Crippen molar-refractivity contribution < 1.29 is 32.9 Å². The summed E-state index contributed by atoms with van der Waals surface area (Å²) in [7, 11) is 1.24. The van der Waals surface area contributed by atoms with E-state index in [9.17, 15) is 19.4 Å². The molecule has 2 N–H and O–H groups in total. The van der Waals surface area contributed by atoms with Gasteiger partial charge in [0.15, 0.2) is 0 Å². The molecule has 9 heteroatoms. The second-order valence-corrected chi connectivity index (χ2v) is 25.2. The van der Waals surface area contributed by atoms with Crippen LogP contribution in [0.25, 0.3) is 0 Å². The summed E-state index contributed by atoms with van der Waals surface area (Å²) in [5.74, 6) is -0.218. The van der Waals surface area contributed by atoms with Gasteiger partial charge in [-0.15, -0.1) is 0 Å². The van der Waals surface area contributed by atoms with E-state index in [0.29, 0.717) is 17.4 Å².